The summed E-state index contributed by atoms with van der Waals surface area (Å²) in [6.07, 6.45) is 0.442. The fourth-order valence-electron chi connectivity index (χ4n) is 2.93. The number of nitrogens with zero attached hydrogens (tertiary/aromatic N) is 2. The van der Waals surface area contributed by atoms with Crippen molar-refractivity contribution in [3.63, 3.8) is 0 Å². The van der Waals surface area contributed by atoms with Crippen LogP contribution in [0, 0.1) is 5.82 Å². The molecule has 1 aromatic heterocycles. The first-order valence-corrected chi connectivity index (χ1v) is 10.3. The van der Waals surface area contributed by atoms with Crippen molar-refractivity contribution in [2.24, 2.45) is 0 Å². The Morgan fingerprint density at radius 2 is 1.72 bits per heavy atom. The van der Waals surface area contributed by atoms with E-state index < -0.39 is 23.4 Å². The van der Waals surface area contributed by atoms with E-state index in [1.165, 1.54) is 24.6 Å². The molecular weight excluding hydrogens is 424 g/mol. The number of hydrogen-bond donors (Lipinski definition) is 2. The number of anilines is 4. The molecule has 0 spiro atoms. The molecule has 9 heteroatoms. The smallest absolute Gasteiger partial charge is 0.421 e. The highest BCUT2D eigenvalue weighted by atomic mass is 19.4. The van der Waals surface area contributed by atoms with E-state index in [2.05, 4.69) is 27.5 Å². The number of rotatable bonds is 10. The molecule has 0 aliphatic rings. The van der Waals surface area contributed by atoms with Crippen LogP contribution in [0.2, 0.25) is 0 Å². The van der Waals surface area contributed by atoms with Crippen LogP contribution >= 0.6 is 0 Å². The summed E-state index contributed by atoms with van der Waals surface area (Å²) in [5.41, 5.74) is -0.334. The van der Waals surface area contributed by atoms with Crippen LogP contribution in [-0.4, -0.2) is 16.6 Å². The van der Waals surface area contributed by atoms with Gasteiger partial charge in [-0.3, -0.25) is 0 Å². The molecule has 0 aliphatic heterocycles. The van der Waals surface area contributed by atoms with Gasteiger partial charge in [0, 0.05) is 17.6 Å². The van der Waals surface area contributed by atoms with Crippen molar-refractivity contribution in [1.29, 1.82) is 0 Å². The predicted molar refractivity (Wildman–Crippen MR) is 116 cm³/mol. The molecule has 0 atom stereocenters. The minimum absolute atomic E-state index is 0.0369. The second-order valence-electron chi connectivity index (χ2n) is 7.15. The number of alkyl halides is 3. The third-order valence-corrected chi connectivity index (χ3v) is 4.56. The monoisotopic (exact) mass is 448 g/mol. The molecule has 32 heavy (non-hydrogen) atoms. The Bertz CT molecular complexity index is 1010. The van der Waals surface area contributed by atoms with E-state index in [4.69, 9.17) is 4.74 Å². The fourth-order valence-corrected chi connectivity index (χ4v) is 2.93. The molecule has 2 N–H and O–H groups in total. The quantitative estimate of drug-likeness (QED) is 0.256. The van der Waals surface area contributed by atoms with Crippen molar-refractivity contribution in [2.45, 2.75) is 38.8 Å². The van der Waals surface area contributed by atoms with E-state index in [-0.39, 0.29) is 11.6 Å². The minimum Gasteiger partial charge on any atom is -0.494 e. The standard InChI is InChI=1S/C23H24F4N4O/c1-2-3-4-5-13-32-19-11-9-17(10-12-19)30-22-28-15-20(23(25,26)27)21(31-22)29-18-8-6-7-16(24)14-18/h6-12,14-15H,2-5,13H2,1H3,(H2,28,29,30,31). The van der Waals surface area contributed by atoms with Crippen molar-refractivity contribution in [3.05, 3.63) is 66.1 Å². The van der Waals surface area contributed by atoms with Gasteiger partial charge in [-0.25, -0.2) is 9.37 Å². The van der Waals surface area contributed by atoms with E-state index in [1.807, 2.05) is 0 Å². The molecule has 1 heterocycles. The molecule has 170 valence electrons. The van der Waals surface area contributed by atoms with Crippen LogP contribution in [0.25, 0.3) is 0 Å². The Labute approximate surface area is 183 Å². The average molecular weight is 448 g/mol. The number of halogens is 4. The Balaban J connectivity index is 1.71. The first-order chi connectivity index (χ1) is 15.3. The van der Waals surface area contributed by atoms with E-state index in [9.17, 15) is 17.6 Å². The molecule has 0 saturated heterocycles. The summed E-state index contributed by atoms with van der Waals surface area (Å²) < 4.78 is 59.2. The predicted octanol–water partition coefficient (Wildman–Crippen LogP) is 7.08. The van der Waals surface area contributed by atoms with Crippen molar-refractivity contribution in [3.8, 4) is 5.75 Å². The lowest BCUT2D eigenvalue weighted by Crippen LogP contribution is -2.12. The maximum absolute atomic E-state index is 13.4. The maximum atomic E-state index is 13.4. The van der Waals surface area contributed by atoms with E-state index in [0.717, 1.165) is 25.3 Å². The van der Waals surface area contributed by atoms with Crippen LogP contribution in [0.5, 0.6) is 5.75 Å². The number of unbranched alkanes of at least 4 members (excludes halogenated alkanes) is 3. The van der Waals surface area contributed by atoms with E-state index in [0.29, 0.717) is 24.2 Å². The van der Waals surface area contributed by atoms with Crippen molar-refractivity contribution < 1.29 is 22.3 Å². The fraction of sp³-hybridized carbons (Fsp3) is 0.304. The van der Waals surface area contributed by atoms with Gasteiger partial charge in [-0.1, -0.05) is 32.3 Å². The highest BCUT2D eigenvalue weighted by molar-refractivity contribution is 5.63. The molecule has 0 saturated carbocycles. The van der Waals surface area contributed by atoms with Gasteiger partial charge in [-0.05, 0) is 48.9 Å². The number of nitrogens with one attached hydrogen (secondary N) is 2. The van der Waals surface area contributed by atoms with Gasteiger partial charge in [0.05, 0.1) is 6.61 Å². The summed E-state index contributed by atoms with van der Waals surface area (Å²) in [7, 11) is 0. The molecule has 0 radical (unpaired) electrons. The van der Waals surface area contributed by atoms with Gasteiger partial charge in [0.1, 0.15) is 22.9 Å². The molecular formula is C23H24F4N4O. The zero-order chi connectivity index (χ0) is 23.0. The number of ether oxygens (including phenoxy) is 1. The van der Waals surface area contributed by atoms with E-state index >= 15 is 0 Å². The summed E-state index contributed by atoms with van der Waals surface area (Å²) in [5.74, 6) is -0.393. The molecule has 2 aromatic carbocycles. The van der Waals surface area contributed by atoms with Crippen LogP contribution in [0.1, 0.15) is 38.2 Å². The van der Waals surface area contributed by atoms with E-state index in [1.54, 1.807) is 24.3 Å². The van der Waals surface area contributed by atoms with Gasteiger partial charge in [0.25, 0.3) is 0 Å². The third kappa shape index (κ3) is 6.83. The van der Waals surface area contributed by atoms with Gasteiger partial charge in [-0.2, -0.15) is 18.2 Å². The summed E-state index contributed by atoms with van der Waals surface area (Å²) in [6.45, 7) is 2.78. The zero-order valence-electron chi connectivity index (χ0n) is 17.5. The Hall–Kier alpha value is -3.36. The topological polar surface area (TPSA) is 59.1 Å². The molecule has 3 aromatic rings. The van der Waals surface area contributed by atoms with Gasteiger partial charge in [-0.15, -0.1) is 0 Å². The number of hydrogen-bond acceptors (Lipinski definition) is 5. The van der Waals surface area contributed by atoms with Crippen LogP contribution in [0.15, 0.2) is 54.7 Å². The lowest BCUT2D eigenvalue weighted by Gasteiger charge is -2.15. The second kappa shape index (κ2) is 10.8. The van der Waals surface area contributed by atoms with Crippen molar-refractivity contribution in [2.75, 3.05) is 17.2 Å². The van der Waals surface area contributed by atoms with Crippen molar-refractivity contribution >= 4 is 23.1 Å². The minimum atomic E-state index is -4.68. The van der Waals surface area contributed by atoms with Gasteiger partial charge in [0.15, 0.2) is 0 Å². The molecule has 0 aliphatic carbocycles. The lowest BCUT2D eigenvalue weighted by molar-refractivity contribution is -0.137. The summed E-state index contributed by atoms with van der Waals surface area (Å²) in [6, 6.07) is 12.1. The Morgan fingerprint density at radius 1 is 0.938 bits per heavy atom. The van der Waals surface area contributed by atoms with Crippen LogP contribution in [-0.2, 0) is 6.18 Å². The molecule has 0 bridgehead atoms. The normalized spacial score (nSPS) is 11.3. The van der Waals surface area contributed by atoms with Gasteiger partial charge in [0.2, 0.25) is 5.95 Å². The van der Waals surface area contributed by atoms with Crippen LogP contribution < -0.4 is 15.4 Å². The molecule has 5 nitrogen and oxygen atoms in total. The highest BCUT2D eigenvalue weighted by Gasteiger charge is 2.35. The number of aromatic nitrogens is 2. The van der Waals surface area contributed by atoms with Gasteiger partial charge < -0.3 is 15.4 Å². The Morgan fingerprint density at radius 3 is 2.41 bits per heavy atom. The summed E-state index contributed by atoms with van der Waals surface area (Å²) >= 11 is 0. The first kappa shape index (κ1) is 23.3. The summed E-state index contributed by atoms with van der Waals surface area (Å²) in [4.78, 5) is 7.73. The third-order valence-electron chi connectivity index (χ3n) is 4.56. The Kier molecular flexibility index (Phi) is 7.86. The number of benzene rings is 2. The molecule has 0 fully saturated rings. The van der Waals surface area contributed by atoms with Crippen molar-refractivity contribution in [1.82, 2.24) is 9.97 Å². The lowest BCUT2D eigenvalue weighted by atomic mass is 10.2. The largest absolute Gasteiger partial charge is 0.494 e. The maximum Gasteiger partial charge on any atom is 0.421 e. The SMILES string of the molecule is CCCCCCOc1ccc(Nc2ncc(C(F)(F)F)c(Nc3cccc(F)c3)n2)cc1. The first-order valence-electron chi connectivity index (χ1n) is 10.3. The zero-order valence-corrected chi connectivity index (χ0v) is 17.5. The second-order valence-corrected chi connectivity index (χ2v) is 7.15. The van der Waals surface area contributed by atoms with Gasteiger partial charge >= 0.3 is 6.18 Å². The molecule has 0 amide bonds. The molecule has 3 rings (SSSR count). The molecule has 0 unspecified atom stereocenters. The summed E-state index contributed by atoms with van der Waals surface area (Å²) in [5, 5.41) is 5.39. The average Bonchev–Trinajstić information content (AvgIpc) is 2.74. The van der Waals surface area contributed by atoms with Crippen LogP contribution in [0.4, 0.5) is 40.7 Å². The highest BCUT2D eigenvalue weighted by Crippen LogP contribution is 2.35. The van der Waals surface area contributed by atoms with Crippen LogP contribution in [0.3, 0.4) is 0 Å².